The van der Waals surface area contributed by atoms with Gasteiger partial charge in [-0.2, -0.15) is 5.10 Å². The van der Waals surface area contributed by atoms with E-state index in [1.54, 1.807) is 24.4 Å². The number of aryl methyl sites for hydroxylation is 1. The lowest BCUT2D eigenvalue weighted by Gasteiger charge is -2.04. The highest BCUT2D eigenvalue weighted by atomic mass is 16.7. The number of amides is 1. The van der Waals surface area contributed by atoms with E-state index < -0.39 is 0 Å². The van der Waals surface area contributed by atoms with Crippen molar-refractivity contribution in [1.82, 2.24) is 10.4 Å². The van der Waals surface area contributed by atoms with E-state index in [4.69, 9.17) is 9.47 Å². The molecule has 0 saturated carbocycles. The maximum absolute atomic E-state index is 11.8. The van der Waals surface area contributed by atoms with Crippen LogP contribution in [0.15, 0.2) is 47.7 Å². The molecule has 0 bridgehead atoms. The first-order chi connectivity index (χ1) is 11.2. The van der Waals surface area contributed by atoms with Gasteiger partial charge in [-0.15, -0.1) is 0 Å². The van der Waals surface area contributed by atoms with Crippen LogP contribution in [0.25, 0.3) is 0 Å². The first-order valence-corrected chi connectivity index (χ1v) is 7.35. The molecule has 118 valence electrons. The molecule has 0 atom stereocenters. The van der Waals surface area contributed by atoms with Gasteiger partial charge in [0.2, 0.25) is 6.79 Å². The van der Waals surface area contributed by atoms with Gasteiger partial charge in [-0.25, -0.2) is 5.43 Å². The number of carbonyl (C=O) groups excluding carboxylic acids is 1. The summed E-state index contributed by atoms with van der Waals surface area (Å²) in [5.74, 6) is 1.25. The summed E-state index contributed by atoms with van der Waals surface area (Å²) in [5.41, 5.74) is 4.84. The molecule has 23 heavy (non-hydrogen) atoms. The summed E-state index contributed by atoms with van der Waals surface area (Å²) in [7, 11) is 0. The van der Waals surface area contributed by atoms with Crippen LogP contribution < -0.4 is 14.9 Å². The van der Waals surface area contributed by atoms with Crippen molar-refractivity contribution in [2.75, 3.05) is 6.79 Å². The predicted molar refractivity (Wildman–Crippen MR) is 85.7 cm³/mol. The average molecular weight is 311 g/mol. The van der Waals surface area contributed by atoms with Crippen LogP contribution in [0.1, 0.15) is 29.4 Å². The van der Waals surface area contributed by atoms with E-state index in [9.17, 15) is 4.79 Å². The molecule has 1 aromatic carbocycles. The van der Waals surface area contributed by atoms with Crippen LogP contribution in [0, 0.1) is 0 Å². The standard InChI is InChI=1S/C17H17N3O3/c1-12(19-20-17(21)14-4-2-3-9-18-14)5-6-13-7-8-15-16(10-13)23-11-22-15/h2-4,7-10H,5-6,11H2,1H3,(H,20,21)/b19-12-. The lowest BCUT2D eigenvalue weighted by Crippen LogP contribution is -2.20. The van der Waals surface area contributed by atoms with E-state index in [0.29, 0.717) is 5.69 Å². The fourth-order valence-corrected chi connectivity index (χ4v) is 2.18. The summed E-state index contributed by atoms with van der Waals surface area (Å²) in [4.78, 5) is 15.8. The van der Waals surface area contributed by atoms with Gasteiger partial charge in [0.25, 0.3) is 5.91 Å². The number of hydrazone groups is 1. The minimum Gasteiger partial charge on any atom is -0.454 e. The molecule has 0 radical (unpaired) electrons. The van der Waals surface area contributed by atoms with Crippen LogP contribution >= 0.6 is 0 Å². The number of hydrogen-bond acceptors (Lipinski definition) is 5. The third kappa shape index (κ3) is 3.85. The molecule has 1 aliphatic rings. The van der Waals surface area contributed by atoms with Crippen molar-refractivity contribution in [3.8, 4) is 11.5 Å². The fraction of sp³-hybridized carbons (Fsp3) is 0.235. The normalized spacial score (nSPS) is 13.0. The van der Waals surface area contributed by atoms with Crippen molar-refractivity contribution >= 4 is 11.6 Å². The van der Waals surface area contributed by atoms with Gasteiger partial charge in [0.1, 0.15) is 5.69 Å². The minimum atomic E-state index is -0.312. The molecule has 3 rings (SSSR count). The molecule has 1 amide bonds. The van der Waals surface area contributed by atoms with Crippen LogP contribution in [0.2, 0.25) is 0 Å². The number of rotatable bonds is 5. The molecular weight excluding hydrogens is 294 g/mol. The summed E-state index contributed by atoms with van der Waals surface area (Å²) in [5, 5.41) is 4.11. The van der Waals surface area contributed by atoms with Crippen LogP contribution in [-0.2, 0) is 6.42 Å². The smallest absolute Gasteiger partial charge is 0.289 e. The van der Waals surface area contributed by atoms with Gasteiger partial charge in [-0.1, -0.05) is 12.1 Å². The van der Waals surface area contributed by atoms with Crippen LogP contribution in [0.3, 0.4) is 0 Å². The molecule has 1 aliphatic heterocycles. The van der Waals surface area contributed by atoms with Crippen molar-refractivity contribution in [2.24, 2.45) is 5.10 Å². The van der Waals surface area contributed by atoms with Crippen LogP contribution in [0.5, 0.6) is 11.5 Å². The Morgan fingerprint density at radius 3 is 2.96 bits per heavy atom. The highest BCUT2D eigenvalue weighted by Crippen LogP contribution is 2.32. The van der Waals surface area contributed by atoms with E-state index in [2.05, 4.69) is 15.5 Å². The molecule has 0 saturated heterocycles. The van der Waals surface area contributed by atoms with Gasteiger partial charge in [0.15, 0.2) is 11.5 Å². The number of nitrogens with zero attached hydrogens (tertiary/aromatic N) is 2. The molecule has 0 fully saturated rings. The molecule has 1 N–H and O–H groups in total. The quantitative estimate of drug-likeness (QED) is 0.680. The Morgan fingerprint density at radius 1 is 1.26 bits per heavy atom. The maximum Gasteiger partial charge on any atom is 0.289 e. The molecule has 0 unspecified atom stereocenters. The molecule has 0 aliphatic carbocycles. The van der Waals surface area contributed by atoms with Crippen LogP contribution in [-0.4, -0.2) is 23.4 Å². The Kier molecular flexibility index (Phi) is 4.52. The van der Waals surface area contributed by atoms with Crippen molar-refractivity contribution in [1.29, 1.82) is 0 Å². The van der Waals surface area contributed by atoms with Crippen molar-refractivity contribution in [3.05, 3.63) is 53.9 Å². The topological polar surface area (TPSA) is 72.8 Å². The molecule has 2 aromatic rings. The Labute approximate surface area is 134 Å². The van der Waals surface area contributed by atoms with Gasteiger partial charge in [0.05, 0.1) is 0 Å². The maximum atomic E-state index is 11.8. The lowest BCUT2D eigenvalue weighted by molar-refractivity contribution is 0.0949. The Balaban J connectivity index is 1.53. The zero-order valence-electron chi connectivity index (χ0n) is 12.8. The van der Waals surface area contributed by atoms with Gasteiger partial charge in [-0.05, 0) is 49.6 Å². The van der Waals surface area contributed by atoms with Crippen molar-refractivity contribution in [2.45, 2.75) is 19.8 Å². The second kappa shape index (κ2) is 6.91. The number of hydrogen-bond donors (Lipinski definition) is 1. The number of pyridine rings is 1. The highest BCUT2D eigenvalue weighted by Gasteiger charge is 2.13. The minimum absolute atomic E-state index is 0.277. The zero-order valence-corrected chi connectivity index (χ0v) is 12.8. The molecule has 6 nitrogen and oxygen atoms in total. The van der Waals surface area contributed by atoms with Gasteiger partial charge < -0.3 is 9.47 Å². The highest BCUT2D eigenvalue weighted by molar-refractivity contribution is 5.93. The van der Waals surface area contributed by atoms with E-state index in [1.165, 1.54) is 0 Å². The number of fused-ring (bicyclic) bond motifs is 1. The zero-order chi connectivity index (χ0) is 16.1. The van der Waals surface area contributed by atoms with Crippen molar-refractivity contribution < 1.29 is 14.3 Å². The summed E-state index contributed by atoms with van der Waals surface area (Å²) in [6.45, 7) is 2.16. The summed E-state index contributed by atoms with van der Waals surface area (Å²) in [6.07, 6.45) is 3.12. The Hall–Kier alpha value is -2.89. The van der Waals surface area contributed by atoms with E-state index in [0.717, 1.165) is 35.6 Å². The number of aromatic nitrogens is 1. The summed E-state index contributed by atoms with van der Waals surface area (Å²) >= 11 is 0. The monoisotopic (exact) mass is 311 g/mol. The predicted octanol–water partition coefficient (Wildman–Crippen LogP) is 2.55. The average Bonchev–Trinajstić information content (AvgIpc) is 3.06. The van der Waals surface area contributed by atoms with Gasteiger partial charge >= 0.3 is 0 Å². The molecule has 0 spiro atoms. The molecular formula is C17H17N3O3. The summed E-state index contributed by atoms with van der Waals surface area (Å²) in [6, 6.07) is 11.1. The van der Waals surface area contributed by atoms with Gasteiger partial charge in [0, 0.05) is 11.9 Å². The first kappa shape index (κ1) is 15.0. The Morgan fingerprint density at radius 2 is 2.13 bits per heavy atom. The molecule has 6 heteroatoms. The second-order valence-corrected chi connectivity index (χ2v) is 5.19. The number of nitrogens with one attached hydrogen (secondary N) is 1. The third-order valence-corrected chi connectivity index (χ3v) is 3.46. The van der Waals surface area contributed by atoms with E-state index in [-0.39, 0.29) is 12.7 Å². The number of carbonyl (C=O) groups is 1. The number of benzene rings is 1. The van der Waals surface area contributed by atoms with Crippen LogP contribution in [0.4, 0.5) is 0 Å². The fourth-order valence-electron chi connectivity index (χ4n) is 2.18. The first-order valence-electron chi connectivity index (χ1n) is 7.35. The Bertz CT molecular complexity index is 729. The van der Waals surface area contributed by atoms with E-state index >= 15 is 0 Å². The van der Waals surface area contributed by atoms with Gasteiger partial charge in [-0.3, -0.25) is 9.78 Å². The third-order valence-electron chi connectivity index (χ3n) is 3.46. The second-order valence-electron chi connectivity index (χ2n) is 5.19. The molecule has 2 heterocycles. The number of ether oxygens (including phenoxy) is 2. The lowest BCUT2D eigenvalue weighted by atomic mass is 10.1. The van der Waals surface area contributed by atoms with Crippen molar-refractivity contribution in [3.63, 3.8) is 0 Å². The SMILES string of the molecule is C/C(CCc1ccc2c(c1)OCO2)=N/NC(=O)c1ccccn1. The van der Waals surface area contributed by atoms with E-state index in [1.807, 2.05) is 25.1 Å². The molecule has 1 aromatic heterocycles. The largest absolute Gasteiger partial charge is 0.454 e. The summed E-state index contributed by atoms with van der Waals surface area (Å²) < 4.78 is 10.6.